The largest absolute Gasteiger partial charge is 0.366 e. The molecule has 204 valence electrons. The first-order chi connectivity index (χ1) is 19.8. The predicted molar refractivity (Wildman–Crippen MR) is 163 cm³/mol. The maximum Gasteiger partial charge on any atom is 0.251 e. The fourth-order valence-electron chi connectivity index (χ4n) is 4.98. The Balaban J connectivity index is 1.17. The zero-order valence-electron chi connectivity index (χ0n) is 22.9. The number of aromatic nitrogens is 2. The molecule has 8 nitrogen and oxygen atoms in total. The molecular weight excluding hydrogens is 512 g/mol. The molecule has 2 amide bonds. The van der Waals surface area contributed by atoms with E-state index in [-0.39, 0.29) is 5.91 Å². The van der Waals surface area contributed by atoms with Crippen LogP contribution in [0.2, 0.25) is 0 Å². The first-order valence-electron chi connectivity index (χ1n) is 13.5. The molecule has 8 heteroatoms. The number of primary amides is 1. The number of carbonyl (C=O) groups excluding carboxylic acids is 2. The van der Waals surface area contributed by atoms with Gasteiger partial charge in [-0.3, -0.25) is 14.6 Å². The summed E-state index contributed by atoms with van der Waals surface area (Å²) in [7, 11) is 3.96. The third-order valence-corrected chi connectivity index (χ3v) is 7.28. The van der Waals surface area contributed by atoms with Crippen LogP contribution < -0.4 is 11.1 Å². The van der Waals surface area contributed by atoms with E-state index in [1.54, 1.807) is 12.1 Å². The van der Waals surface area contributed by atoms with Gasteiger partial charge >= 0.3 is 0 Å². The summed E-state index contributed by atoms with van der Waals surface area (Å²) in [5.41, 5.74) is 15.5. The first-order valence-corrected chi connectivity index (χ1v) is 13.5. The molecule has 0 spiro atoms. The number of benzene rings is 4. The Morgan fingerprint density at radius 2 is 1.51 bits per heavy atom. The SMILES string of the molecule is CN(C)CCNC(=O)c1ccc(C2=Nc3ccc(-c4ccc5nc(-c6ccc(C(N)=O)cc6)[nH]c5c4)cc3C2)cc1. The molecule has 0 aliphatic carbocycles. The summed E-state index contributed by atoms with van der Waals surface area (Å²) in [5, 5.41) is 2.95. The molecule has 4 aromatic carbocycles. The van der Waals surface area contributed by atoms with Crippen molar-refractivity contribution in [2.45, 2.75) is 6.42 Å². The molecule has 0 atom stereocenters. The highest BCUT2D eigenvalue weighted by Gasteiger charge is 2.18. The van der Waals surface area contributed by atoms with Crippen molar-refractivity contribution in [2.75, 3.05) is 27.2 Å². The van der Waals surface area contributed by atoms with E-state index in [0.717, 1.165) is 63.5 Å². The smallest absolute Gasteiger partial charge is 0.251 e. The quantitative estimate of drug-likeness (QED) is 0.257. The Morgan fingerprint density at radius 1 is 0.854 bits per heavy atom. The number of fused-ring (bicyclic) bond motifs is 2. The Morgan fingerprint density at radius 3 is 2.24 bits per heavy atom. The molecule has 6 rings (SSSR count). The van der Waals surface area contributed by atoms with Gasteiger partial charge in [-0.1, -0.05) is 36.4 Å². The molecule has 0 bridgehead atoms. The average Bonchev–Trinajstić information content (AvgIpc) is 3.60. The number of aliphatic imine (C=N–C) groups is 1. The van der Waals surface area contributed by atoms with Crippen LogP contribution >= 0.6 is 0 Å². The Kier molecular flexibility index (Phi) is 6.91. The Bertz CT molecular complexity index is 1800. The number of hydrogen-bond donors (Lipinski definition) is 3. The zero-order valence-corrected chi connectivity index (χ0v) is 22.9. The predicted octanol–water partition coefficient (Wildman–Crippen LogP) is 4.96. The summed E-state index contributed by atoms with van der Waals surface area (Å²) in [6, 6.07) is 27.3. The van der Waals surface area contributed by atoms with Gasteiger partial charge in [0.25, 0.3) is 5.91 Å². The lowest BCUT2D eigenvalue weighted by atomic mass is 9.98. The van der Waals surface area contributed by atoms with E-state index in [0.29, 0.717) is 17.7 Å². The van der Waals surface area contributed by atoms with Gasteiger partial charge in [0, 0.05) is 36.2 Å². The molecule has 0 saturated carbocycles. The fraction of sp³-hybridized carbons (Fsp3) is 0.152. The van der Waals surface area contributed by atoms with E-state index in [1.807, 2.05) is 61.5 Å². The second kappa shape index (κ2) is 10.8. The highest BCUT2D eigenvalue weighted by Crippen LogP contribution is 2.34. The van der Waals surface area contributed by atoms with Gasteiger partial charge in [0.2, 0.25) is 5.91 Å². The lowest BCUT2D eigenvalue weighted by Gasteiger charge is -2.10. The molecular formula is C33H30N6O2. The van der Waals surface area contributed by atoms with Crippen LogP contribution in [0.3, 0.4) is 0 Å². The van der Waals surface area contributed by atoms with Crippen molar-refractivity contribution in [3.63, 3.8) is 0 Å². The zero-order chi connectivity index (χ0) is 28.5. The lowest BCUT2D eigenvalue weighted by Crippen LogP contribution is -2.31. The lowest BCUT2D eigenvalue weighted by molar-refractivity contribution is 0.0949. The summed E-state index contributed by atoms with van der Waals surface area (Å²) < 4.78 is 0. The van der Waals surface area contributed by atoms with Gasteiger partial charge in [-0.05, 0) is 84.9 Å². The maximum atomic E-state index is 12.4. The standard InChI is InChI=1S/C33H30N6O2/c1-39(2)16-15-35-33(41)23-9-3-20(4-10-23)29-19-26-17-24(11-13-27(26)36-29)25-12-14-28-30(18-25)38-32(37-28)22-7-5-21(6-8-22)31(34)40/h3-14,17-18H,15-16,19H2,1-2H3,(H2,34,40)(H,35,41)(H,37,38). The minimum absolute atomic E-state index is 0.0676. The van der Waals surface area contributed by atoms with E-state index >= 15 is 0 Å². The minimum atomic E-state index is -0.453. The van der Waals surface area contributed by atoms with E-state index in [1.165, 1.54) is 5.56 Å². The van der Waals surface area contributed by atoms with Crippen molar-refractivity contribution in [2.24, 2.45) is 10.7 Å². The molecule has 1 aliphatic rings. The second-order valence-electron chi connectivity index (χ2n) is 10.5. The van der Waals surface area contributed by atoms with Crippen LogP contribution in [-0.4, -0.2) is 59.6 Å². The van der Waals surface area contributed by atoms with Gasteiger partial charge in [-0.15, -0.1) is 0 Å². The van der Waals surface area contributed by atoms with Crippen LogP contribution in [0.5, 0.6) is 0 Å². The molecule has 0 unspecified atom stereocenters. The van der Waals surface area contributed by atoms with E-state index < -0.39 is 5.91 Å². The number of H-pyrrole nitrogens is 1. The molecule has 41 heavy (non-hydrogen) atoms. The van der Waals surface area contributed by atoms with Crippen LogP contribution in [0.25, 0.3) is 33.5 Å². The minimum Gasteiger partial charge on any atom is -0.366 e. The van der Waals surface area contributed by atoms with Crippen LogP contribution in [0.15, 0.2) is 89.9 Å². The van der Waals surface area contributed by atoms with Crippen molar-refractivity contribution >= 4 is 34.2 Å². The number of nitrogens with one attached hydrogen (secondary N) is 2. The molecule has 0 radical (unpaired) electrons. The number of carbonyl (C=O) groups is 2. The molecule has 2 heterocycles. The summed E-state index contributed by atoms with van der Waals surface area (Å²) in [6.07, 6.45) is 0.731. The molecule has 0 fully saturated rings. The number of rotatable bonds is 8. The van der Waals surface area contributed by atoms with Gasteiger partial charge in [0.15, 0.2) is 0 Å². The number of hydrogen-bond acceptors (Lipinski definition) is 5. The van der Waals surface area contributed by atoms with E-state index in [2.05, 4.69) is 40.6 Å². The molecule has 0 saturated heterocycles. The van der Waals surface area contributed by atoms with Crippen molar-refractivity contribution in [1.82, 2.24) is 20.2 Å². The number of nitrogens with two attached hydrogens (primary N) is 1. The highest BCUT2D eigenvalue weighted by molar-refractivity contribution is 6.07. The number of likely N-dealkylation sites (N-methyl/N-ethyl adjacent to an activating group) is 1. The van der Waals surface area contributed by atoms with Gasteiger partial charge in [0.05, 0.1) is 22.4 Å². The van der Waals surface area contributed by atoms with Crippen LogP contribution in [0.1, 0.15) is 31.8 Å². The number of aromatic amines is 1. The van der Waals surface area contributed by atoms with Gasteiger partial charge in [-0.25, -0.2) is 4.98 Å². The molecule has 1 aromatic heterocycles. The summed E-state index contributed by atoms with van der Waals surface area (Å²) in [5.74, 6) is 0.213. The van der Waals surface area contributed by atoms with Crippen molar-refractivity contribution in [1.29, 1.82) is 0 Å². The van der Waals surface area contributed by atoms with Gasteiger partial charge in [0.1, 0.15) is 5.82 Å². The number of nitrogens with zero attached hydrogens (tertiary/aromatic N) is 3. The van der Waals surface area contributed by atoms with Crippen LogP contribution in [-0.2, 0) is 6.42 Å². The van der Waals surface area contributed by atoms with Crippen molar-refractivity contribution < 1.29 is 9.59 Å². The van der Waals surface area contributed by atoms with Gasteiger partial charge in [-0.2, -0.15) is 0 Å². The van der Waals surface area contributed by atoms with E-state index in [9.17, 15) is 9.59 Å². The van der Waals surface area contributed by atoms with Crippen molar-refractivity contribution in [3.05, 3.63) is 107 Å². The monoisotopic (exact) mass is 542 g/mol. The normalized spacial score (nSPS) is 12.4. The third kappa shape index (κ3) is 5.50. The number of amides is 2. The van der Waals surface area contributed by atoms with E-state index in [4.69, 9.17) is 15.7 Å². The third-order valence-electron chi connectivity index (χ3n) is 7.28. The van der Waals surface area contributed by atoms with Crippen molar-refractivity contribution in [3.8, 4) is 22.5 Å². The summed E-state index contributed by atoms with van der Waals surface area (Å²) in [4.78, 5) is 38.8. The topological polar surface area (TPSA) is 116 Å². The van der Waals surface area contributed by atoms with Crippen LogP contribution in [0.4, 0.5) is 5.69 Å². The van der Waals surface area contributed by atoms with Gasteiger partial charge < -0.3 is 20.9 Å². The summed E-state index contributed by atoms with van der Waals surface area (Å²) in [6.45, 7) is 1.41. The fourth-order valence-corrected chi connectivity index (χ4v) is 4.98. The maximum absolute atomic E-state index is 12.4. The molecule has 4 N–H and O–H groups in total. The second-order valence-corrected chi connectivity index (χ2v) is 10.5. The highest BCUT2D eigenvalue weighted by atomic mass is 16.2. The first kappa shape index (κ1) is 26.2. The molecule has 5 aromatic rings. The van der Waals surface area contributed by atoms with Crippen LogP contribution in [0, 0.1) is 0 Å². The number of imidazole rings is 1. The Hall–Kier alpha value is -5.08. The Labute approximate surface area is 237 Å². The molecule has 1 aliphatic heterocycles. The average molecular weight is 543 g/mol. The summed E-state index contributed by atoms with van der Waals surface area (Å²) >= 11 is 0.